The van der Waals surface area contributed by atoms with E-state index in [0.717, 1.165) is 35.7 Å². The lowest BCUT2D eigenvalue weighted by atomic mass is 10.0. The van der Waals surface area contributed by atoms with E-state index in [4.69, 9.17) is 0 Å². The highest BCUT2D eigenvalue weighted by atomic mass is 32.1. The predicted molar refractivity (Wildman–Crippen MR) is 86.0 cm³/mol. The number of carbonyl (C=O) groups is 1. The van der Waals surface area contributed by atoms with Crippen LogP contribution < -0.4 is 0 Å². The number of aryl methyl sites for hydroxylation is 1. The molecule has 5 heteroatoms. The standard InChI is InChI=1S/C17H17FN2OS/c1-12-19-15(11-22-12)8-9-17(21)20-10-2-3-16(20)13-4-6-14(18)7-5-13/h4-9,11,16H,2-3,10H2,1H3/b9-8+. The van der Waals surface area contributed by atoms with Gasteiger partial charge in [-0.1, -0.05) is 12.1 Å². The Morgan fingerprint density at radius 1 is 1.41 bits per heavy atom. The van der Waals surface area contributed by atoms with Crippen LogP contribution in [0.15, 0.2) is 35.7 Å². The van der Waals surface area contributed by atoms with Crippen LogP contribution in [0.4, 0.5) is 4.39 Å². The van der Waals surface area contributed by atoms with Gasteiger partial charge in [-0.2, -0.15) is 0 Å². The Balaban J connectivity index is 1.73. The van der Waals surface area contributed by atoms with E-state index < -0.39 is 0 Å². The smallest absolute Gasteiger partial charge is 0.247 e. The van der Waals surface area contributed by atoms with Crippen LogP contribution >= 0.6 is 11.3 Å². The van der Waals surface area contributed by atoms with Crippen molar-refractivity contribution in [2.75, 3.05) is 6.54 Å². The second kappa shape index (κ2) is 6.40. The maximum atomic E-state index is 13.0. The summed E-state index contributed by atoms with van der Waals surface area (Å²) in [6, 6.07) is 6.46. The first kappa shape index (κ1) is 14.9. The largest absolute Gasteiger partial charge is 0.332 e. The first-order valence-corrected chi connectivity index (χ1v) is 8.18. The average Bonchev–Trinajstić information content (AvgIpc) is 3.14. The lowest BCUT2D eigenvalue weighted by Gasteiger charge is -2.23. The Kier molecular flexibility index (Phi) is 4.34. The number of carbonyl (C=O) groups excluding carboxylic acids is 1. The van der Waals surface area contributed by atoms with Crippen LogP contribution in [0.1, 0.15) is 35.1 Å². The number of thiazole rings is 1. The van der Waals surface area contributed by atoms with Crippen LogP contribution in [0, 0.1) is 12.7 Å². The second-order valence-electron chi connectivity index (χ2n) is 5.37. The Hall–Kier alpha value is -2.01. The highest BCUT2D eigenvalue weighted by Crippen LogP contribution is 2.32. The summed E-state index contributed by atoms with van der Waals surface area (Å²) >= 11 is 1.56. The second-order valence-corrected chi connectivity index (χ2v) is 6.43. The van der Waals surface area contributed by atoms with Gasteiger partial charge in [0.05, 0.1) is 16.7 Å². The normalized spacial score (nSPS) is 18.3. The third-order valence-electron chi connectivity index (χ3n) is 3.82. The van der Waals surface area contributed by atoms with Crippen LogP contribution in [-0.4, -0.2) is 22.3 Å². The van der Waals surface area contributed by atoms with E-state index in [9.17, 15) is 9.18 Å². The quantitative estimate of drug-likeness (QED) is 0.803. The zero-order valence-electron chi connectivity index (χ0n) is 12.3. The molecule has 1 aromatic carbocycles. The molecule has 3 nitrogen and oxygen atoms in total. The molecule has 1 aliphatic rings. The van der Waals surface area contributed by atoms with E-state index in [1.807, 2.05) is 17.2 Å². The molecular weight excluding hydrogens is 299 g/mol. The summed E-state index contributed by atoms with van der Waals surface area (Å²) in [5.74, 6) is -0.268. The number of nitrogens with zero attached hydrogens (tertiary/aromatic N) is 2. The topological polar surface area (TPSA) is 33.2 Å². The summed E-state index contributed by atoms with van der Waals surface area (Å²) in [6.07, 6.45) is 5.22. The molecule has 1 unspecified atom stereocenters. The molecule has 0 N–H and O–H groups in total. The molecule has 1 fully saturated rings. The average molecular weight is 316 g/mol. The molecule has 2 heterocycles. The van der Waals surface area contributed by atoms with E-state index >= 15 is 0 Å². The van der Waals surface area contributed by atoms with Gasteiger partial charge in [0.25, 0.3) is 0 Å². The molecule has 1 saturated heterocycles. The number of likely N-dealkylation sites (tertiary alicyclic amines) is 1. The number of hydrogen-bond donors (Lipinski definition) is 0. The number of rotatable bonds is 3. The van der Waals surface area contributed by atoms with Gasteiger partial charge in [-0.05, 0) is 43.5 Å². The van der Waals surface area contributed by atoms with Gasteiger partial charge in [0.1, 0.15) is 5.82 Å². The van der Waals surface area contributed by atoms with Crippen molar-refractivity contribution in [3.63, 3.8) is 0 Å². The molecule has 2 aromatic rings. The number of halogens is 1. The van der Waals surface area contributed by atoms with E-state index in [0.29, 0.717) is 0 Å². The van der Waals surface area contributed by atoms with Crippen molar-refractivity contribution >= 4 is 23.3 Å². The summed E-state index contributed by atoms with van der Waals surface area (Å²) in [5.41, 5.74) is 1.80. The monoisotopic (exact) mass is 316 g/mol. The molecule has 1 aromatic heterocycles. The van der Waals surface area contributed by atoms with Crippen LogP contribution in [0.3, 0.4) is 0 Å². The molecule has 0 aliphatic carbocycles. The maximum Gasteiger partial charge on any atom is 0.247 e. The van der Waals surface area contributed by atoms with Crippen molar-refractivity contribution in [1.29, 1.82) is 0 Å². The first-order chi connectivity index (χ1) is 10.6. The number of amides is 1. The lowest BCUT2D eigenvalue weighted by molar-refractivity contribution is -0.126. The van der Waals surface area contributed by atoms with Gasteiger partial charge in [-0.15, -0.1) is 11.3 Å². The third-order valence-corrected chi connectivity index (χ3v) is 4.62. The molecule has 0 radical (unpaired) electrons. The number of benzene rings is 1. The van der Waals surface area contributed by atoms with Gasteiger partial charge in [0.2, 0.25) is 5.91 Å². The summed E-state index contributed by atoms with van der Waals surface area (Å²) in [4.78, 5) is 18.6. The summed E-state index contributed by atoms with van der Waals surface area (Å²) in [5, 5.41) is 2.91. The lowest BCUT2D eigenvalue weighted by Crippen LogP contribution is -2.28. The Morgan fingerprint density at radius 2 is 2.18 bits per heavy atom. The zero-order chi connectivity index (χ0) is 15.5. The molecule has 1 aliphatic heterocycles. The van der Waals surface area contributed by atoms with Crippen molar-refractivity contribution in [2.45, 2.75) is 25.8 Å². The molecule has 114 valence electrons. The fourth-order valence-electron chi connectivity index (χ4n) is 2.77. The highest BCUT2D eigenvalue weighted by molar-refractivity contribution is 7.09. The maximum absolute atomic E-state index is 13.0. The third kappa shape index (κ3) is 3.25. The predicted octanol–water partition coefficient (Wildman–Crippen LogP) is 3.97. The number of aromatic nitrogens is 1. The first-order valence-electron chi connectivity index (χ1n) is 7.30. The van der Waals surface area contributed by atoms with Crippen LogP contribution in [-0.2, 0) is 4.79 Å². The van der Waals surface area contributed by atoms with Crippen molar-refractivity contribution in [2.24, 2.45) is 0 Å². The molecule has 22 heavy (non-hydrogen) atoms. The minimum atomic E-state index is -0.251. The van der Waals surface area contributed by atoms with Crippen molar-refractivity contribution < 1.29 is 9.18 Å². The van der Waals surface area contributed by atoms with Gasteiger partial charge in [0, 0.05) is 18.0 Å². The number of hydrogen-bond acceptors (Lipinski definition) is 3. The molecule has 3 rings (SSSR count). The minimum Gasteiger partial charge on any atom is -0.332 e. The van der Waals surface area contributed by atoms with Crippen molar-refractivity contribution in [3.05, 3.63) is 57.8 Å². The van der Waals surface area contributed by atoms with Crippen LogP contribution in [0.25, 0.3) is 6.08 Å². The fraction of sp³-hybridized carbons (Fsp3) is 0.294. The fourth-order valence-corrected chi connectivity index (χ4v) is 3.35. The SMILES string of the molecule is Cc1nc(/C=C/C(=O)N2CCCC2c2ccc(F)cc2)cs1. The van der Waals surface area contributed by atoms with Gasteiger partial charge in [0.15, 0.2) is 0 Å². The molecular formula is C17H17FN2OS. The Labute approximate surface area is 133 Å². The molecule has 0 saturated carbocycles. The molecule has 0 bridgehead atoms. The van der Waals surface area contributed by atoms with Crippen LogP contribution in [0.2, 0.25) is 0 Å². The van der Waals surface area contributed by atoms with E-state index in [1.54, 1.807) is 35.6 Å². The minimum absolute atomic E-state index is 0.0162. The van der Waals surface area contributed by atoms with E-state index in [2.05, 4.69) is 4.98 Å². The molecule has 1 amide bonds. The molecule has 1 atom stereocenters. The summed E-state index contributed by atoms with van der Waals surface area (Å²) in [7, 11) is 0. The Morgan fingerprint density at radius 3 is 2.86 bits per heavy atom. The van der Waals surface area contributed by atoms with Gasteiger partial charge >= 0.3 is 0 Å². The Bertz CT molecular complexity index is 693. The summed E-state index contributed by atoms with van der Waals surface area (Å²) in [6.45, 7) is 2.68. The van der Waals surface area contributed by atoms with Gasteiger partial charge in [-0.3, -0.25) is 4.79 Å². The van der Waals surface area contributed by atoms with E-state index in [-0.39, 0.29) is 17.8 Å². The van der Waals surface area contributed by atoms with Gasteiger partial charge < -0.3 is 4.90 Å². The van der Waals surface area contributed by atoms with E-state index in [1.165, 1.54) is 12.1 Å². The van der Waals surface area contributed by atoms with Crippen molar-refractivity contribution in [1.82, 2.24) is 9.88 Å². The van der Waals surface area contributed by atoms with Crippen LogP contribution in [0.5, 0.6) is 0 Å². The molecule has 0 spiro atoms. The van der Waals surface area contributed by atoms with Gasteiger partial charge in [-0.25, -0.2) is 9.37 Å². The zero-order valence-corrected chi connectivity index (χ0v) is 13.1. The summed E-state index contributed by atoms with van der Waals surface area (Å²) < 4.78 is 13.0. The van der Waals surface area contributed by atoms with Crippen molar-refractivity contribution in [3.8, 4) is 0 Å². The highest BCUT2D eigenvalue weighted by Gasteiger charge is 2.28.